The van der Waals surface area contributed by atoms with Crippen molar-refractivity contribution < 1.29 is 0 Å². The molecule has 2 N–H and O–H groups in total. The van der Waals surface area contributed by atoms with Crippen LogP contribution >= 0.6 is 23.2 Å². The van der Waals surface area contributed by atoms with Crippen LogP contribution in [0, 0.1) is 0 Å². The van der Waals surface area contributed by atoms with Crippen LogP contribution in [0.15, 0.2) is 85.6 Å². The molecule has 1 unspecified atom stereocenters. The molecular formula is C26H19Cl2N7. The number of hydrogen-bond donors (Lipinski definition) is 1. The number of nitrogens with two attached hydrogens (primary N) is 1. The predicted octanol–water partition coefficient (Wildman–Crippen LogP) is 5.24. The molecule has 7 nitrogen and oxygen atoms in total. The zero-order chi connectivity index (χ0) is 24.2. The maximum atomic E-state index is 7.28. The van der Waals surface area contributed by atoms with Crippen LogP contribution in [0.1, 0.15) is 16.8 Å². The number of nitrogens with zero attached hydrogens (tertiary/aromatic N) is 6. The quantitative estimate of drug-likeness (QED) is 0.358. The Morgan fingerprint density at radius 1 is 0.886 bits per heavy atom. The van der Waals surface area contributed by atoms with Crippen molar-refractivity contribution in [3.8, 4) is 11.3 Å². The summed E-state index contributed by atoms with van der Waals surface area (Å²) in [4.78, 5) is 9.15. The SMILES string of the molecule is Cn1cncc1C(N)(c1ccc(Cl)cc1)c1ccc2c(c1)c(-c1cccc(Cl)c1)nc1nncn12. The Bertz CT molecular complexity index is 1700. The van der Waals surface area contributed by atoms with Gasteiger partial charge in [0.2, 0.25) is 0 Å². The van der Waals surface area contributed by atoms with E-state index in [2.05, 4.69) is 21.2 Å². The lowest BCUT2D eigenvalue weighted by atomic mass is 9.80. The van der Waals surface area contributed by atoms with Crippen LogP contribution in [0.25, 0.3) is 27.9 Å². The summed E-state index contributed by atoms with van der Waals surface area (Å²) in [7, 11) is 1.93. The summed E-state index contributed by atoms with van der Waals surface area (Å²) < 4.78 is 3.79. The minimum atomic E-state index is -1.00. The summed E-state index contributed by atoms with van der Waals surface area (Å²) in [5, 5.41) is 10.4. The van der Waals surface area contributed by atoms with E-state index < -0.39 is 5.54 Å². The standard InChI is InChI=1S/C26H19Cl2N7/c1-34-14-30-13-23(34)26(29,17-5-8-19(27)9-6-17)18-7-10-22-21(12-18)24(16-3-2-4-20(28)11-16)32-25-33-31-15-35(22)25/h2-15H,29H2,1H3. The van der Waals surface area contributed by atoms with E-state index in [4.69, 9.17) is 33.9 Å². The highest BCUT2D eigenvalue weighted by Gasteiger charge is 2.35. The number of aryl methyl sites for hydroxylation is 1. The summed E-state index contributed by atoms with van der Waals surface area (Å²) in [6.45, 7) is 0. The molecule has 0 aliphatic heterocycles. The molecule has 9 heteroatoms. The normalized spacial score (nSPS) is 13.4. The number of rotatable bonds is 4. The van der Waals surface area contributed by atoms with Crippen molar-refractivity contribution in [3.05, 3.63) is 112 Å². The molecule has 0 aliphatic rings. The van der Waals surface area contributed by atoms with Gasteiger partial charge in [0.15, 0.2) is 0 Å². The minimum absolute atomic E-state index is 0.503. The van der Waals surface area contributed by atoms with Gasteiger partial charge in [-0.15, -0.1) is 10.2 Å². The van der Waals surface area contributed by atoms with Crippen molar-refractivity contribution in [1.82, 2.24) is 29.1 Å². The van der Waals surface area contributed by atoms with E-state index in [1.165, 1.54) is 0 Å². The Morgan fingerprint density at radius 3 is 2.43 bits per heavy atom. The number of aromatic nitrogens is 6. The second-order valence-corrected chi connectivity index (χ2v) is 9.28. The molecule has 1 atom stereocenters. The van der Waals surface area contributed by atoms with Crippen LogP contribution in [-0.4, -0.2) is 29.1 Å². The van der Waals surface area contributed by atoms with Crippen molar-refractivity contribution in [3.63, 3.8) is 0 Å². The van der Waals surface area contributed by atoms with Gasteiger partial charge in [-0.1, -0.05) is 53.5 Å². The van der Waals surface area contributed by atoms with Crippen LogP contribution < -0.4 is 5.73 Å². The molecule has 0 spiro atoms. The van der Waals surface area contributed by atoms with Crippen molar-refractivity contribution >= 4 is 39.9 Å². The lowest BCUT2D eigenvalue weighted by Crippen LogP contribution is -2.40. The van der Waals surface area contributed by atoms with Crippen molar-refractivity contribution in [2.45, 2.75) is 5.54 Å². The fraction of sp³-hybridized carbons (Fsp3) is 0.0769. The molecule has 6 aromatic rings. The van der Waals surface area contributed by atoms with Gasteiger partial charge in [0.25, 0.3) is 5.78 Å². The molecule has 0 aliphatic carbocycles. The largest absolute Gasteiger partial charge is 0.336 e. The number of benzene rings is 3. The first-order valence-corrected chi connectivity index (χ1v) is 11.6. The molecule has 0 bridgehead atoms. The fourth-order valence-corrected chi connectivity index (χ4v) is 4.90. The molecule has 3 heterocycles. The highest BCUT2D eigenvalue weighted by molar-refractivity contribution is 6.31. The van der Waals surface area contributed by atoms with Crippen molar-refractivity contribution in [1.29, 1.82) is 0 Å². The zero-order valence-corrected chi connectivity index (χ0v) is 20.1. The first kappa shape index (κ1) is 21.7. The van der Waals surface area contributed by atoms with Crippen LogP contribution in [0.2, 0.25) is 10.0 Å². The Labute approximate surface area is 210 Å². The Balaban J connectivity index is 1.68. The van der Waals surface area contributed by atoms with Crippen molar-refractivity contribution in [2.24, 2.45) is 12.8 Å². The van der Waals surface area contributed by atoms with E-state index in [1.54, 1.807) is 18.9 Å². The second kappa shape index (κ2) is 8.16. The first-order valence-electron chi connectivity index (χ1n) is 10.9. The molecule has 0 saturated heterocycles. The topological polar surface area (TPSA) is 86.9 Å². The summed E-state index contributed by atoms with van der Waals surface area (Å²) in [5.74, 6) is 0.503. The van der Waals surface area contributed by atoms with E-state index in [9.17, 15) is 0 Å². The van der Waals surface area contributed by atoms with Crippen LogP contribution in [0.5, 0.6) is 0 Å². The molecule has 0 saturated carbocycles. The third-order valence-corrected chi connectivity index (χ3v) is 6.81. The number of halogens is 2. The highest BCUT2D eigenvalue weighted by atomic mass is 35.5. The van der Waals surface area contributed by atoms with Gasteiger partial charge in [-0.2, -0.15) is 0 Å². The van der Waals surface area contributed by atoms with E-state index >= 15 is 0 Å². The number of fused-ring (bicyclic) bond motifs is 3. The first-order chi connectivity index (χ1) is 16.9. The Hall–Kier alpha value is -3.78. The summed E-state index contributed by atoms with van der Waals surface area (Å²) >= 11 is 12.5. The van der Waals surface area contributed by atoms with E-state index in [1.807, 2.05) is 76.7 Å². The van der Waals surface area contributed by atoms with Gasteiger partial charge < -0.3 is 10.3 Å². The van der Waals surface area contributed by atoms with Gasteiger partial charge in [0, 0.05) is 28.0 Å². The van der Waals surface area contributed by atoms with Crippen LogP contribution in [-0.2, 0) is 12.6 Å². The van der Waals surface area contributed by atoms with Crippen molar-refractivity contribution in [2.75, 3.05) is 0 Å². The third-order valence-electron chi connectivity index (χ3n) is 6.33. The Kier molecular flexibility index (Phi) is 5.07. The number of hydrogen-bond acceptors (Lipinski definition) is 5. The maximum Gasteiger partial charge on any atom is 0.255 e. The second-order valence-electron chi connectivity index (χ2n) is 8.41. The summed E-state index contributed by atoms with van der Waals surface area (Å²) in [5.41, 5.74) is 11.4. The molecule has 172 valence electrons. The lowest BCUT2D eigenvalue weighted by Gasteiger charge is -2.31. The Morgan fingerprint density at radius 2 is 1.69 bits per heavy atom. The smallest absolute Gasteiger partial charge is 0.255 e. The minimum Gasteiger partial charge on any atom is -0.336 e. The molecule has 3 aromatic carbocycles. The van der Waals surface area contributed by atoms with E-state index in [-0.39, 0.29) is 0 Å². The van der Waals surface area contributed by atoms with Crippen LogP contribution in [0.4, 0.5) is 0 Å². The van der Waals surface area contributed by atoms with Gasteiger partial charge in [-0.05, 0) is 47.5 Å². The molecule has 0 fully saturated rings. The molecule has 35 heavy (non-hydrogen) atoms. The highest BCUT2D eigenvalue weighted by Crippen LogP contribution is 2.38. The molecule has 0 amide bonds. The van der Waals surface area contributed by atoms with Gasteiger partial charge in [-0.25, -0.2) is 9.97 Å². The summed E-state index contributed by atoms with van der Waals surface area (Å²) in [6.07, 6.45) is 5.19. The van der Waals surface area contributed by atoms with E-state index in [0.29, 0.717) is 15.8 Å². The summed E-state index contributed by atoms with van der Waals surface area (Å²) in [6, 6.07) is 21.3. The van der Waals surface area contributed by atoms with E-state index in [0.717, 1.165) is 39.0 Å². The fourth-order valence-electron chi connectivity index (χ4n) is 4.58. The monoisotopic (exact) mass is 499 g/mol. The van der Waals surface area contributed by atoms with Gasteiger partial charge >= 0.3 is 0 Å². The average molecular weight is 500 g/mol. The molecule has 3 aromatic heterocycles. The average Bonchev–Trinajstić information content (AvgIpc) is 3.52. The predicted molar refractivity (Wildman–Crippen MR) is 137 cm³/mol. The molecular weight excluding hydrogens is 481 g/mol. The van der Waals surface area contributed by atoms with Gasteiger partial charge in [-0.3, -0.25) is 4.40 Å². The van der Waals surface area contributed by atoms with Gasteiger partial charge in [0.05, 0.1) is 29.4 Å². The molecule has 6 rings (SSSR count). The third kappa shape index (κ3) is 3.47. The van der Waals surface area contributed by atoms with Gasteiger partial charge in [0.1, 0.15) is 11.9 Å². The maximum absolute atomic E-state index is 7.28. The molecule has 0 radical (unpaired) electrons. The van der Waals surface area contributed by atoms with Crippen LogP contribution in [0.3, 0.4) is 0 Å². The zero-order valence-electron chi connectivity index (χ0n) is 18.6. The lowest BCUT2D eigenvalue weighted by molar-refractivity contribution is 0.596. The number of imidazole rings is 1.